The van der Waals surface area contributed by atoms with E-state index in [9.17, 15) is 9.90 Å². The molecule has 0 fully saturated rings. The molecule has 4 nitrogen and oxygen atoms in total. The van der Waals surface area contributed by atoms with Crippen LogP contribution in [0.4, 0.5) is 5.69 Å². The van der Waals surface area contributed by atoms with Crippen molar-refractivity contribution in [3.8, 4) is 5.88 Å². The number of halogens is 1. The number of hydrogen-bond donors (Lipinski definition) is 1. The summed E-state index contributed by atoms with van der Waals surface area (Å²) in [5.41, 5.74) is 0.978. The molecule has 0 amide bonds. The molecule has 22 heavy (non-hydrogen) atoms. The molecule has 0 spiro atoms. The fourth-order valence-corrected chi connectivity index (χ4v) is 2.40. The zero-order valence-electron chi connectivity index (χ0n) is 11.8. The molecule has 0 atom stereocenters. The molecule has 0 aliphatic carbocycles. The van der Waals surface area contributed by atoms with Crippen molar-refractivity contribution in [3.05, 3.63) is 69.5 Å². The first-order valence-corrected chi connectivity index (χ1v) is 7.06. The minimum atomic E-state index is -0.239. The Bertz CT molecular complexity index is 928. The fraction of sp³-hybridized carbons (Fsp3) is 0.0588. The number of benzene rings is 2. The molecule has 0 radical (unpaired) electrons. The smallest absolute Gasteiger partial charge is 0.260 e. The predicted molar refractivity (Wildman–Crippen MR) is 89.6 cm³/mol. The Morgan fingerprint density at radius 1 is 1.09 bits per heavy atom. The van der Waals surface area contributed by atoms with E-state index in [1.165, 1.54) is 11.6 Å². The number of nitrogens with zero attached hydrogens (tertiary/aromatic N) is 2. The first-order chi connectivity index (χ1) is 10.6. The predicted octanol–water partition coefficient (Wildman–Crippen LogP) is 3.65. The van der Waals surface area contributed by atoms with E-state index in [1.807, 2.05) is 6.07 Å². The van der Waals surface area contributed by atoms with Gasteiger partial charge in [0.05, 0.1) is 11.3 Å². The molecular formula is C17H13ClN2O2. The molecule has 2 aromatic carbocycles. The fourth-order valence-electron chi connectivity index (χ4n) is 2.28. The Morgan fingerprint density at radius 2 is 1.73 bits per heavy atom. The summed E-state index contributed by atoms with van der Waals surface area (Å²) in [5.74, 6) is -0.110. The van der Waals surface area contributed by atoms with E-state index in [1.54, 1.807) is 48.7 Å². The quantitative estimate of drug-likeness (QED) is 0.734. The Labute approximate surface area is 131 Å². The first-order valence-electron chi connectivity index (χ1n) is 6.68. The number of aliphatic imine (C=N–C) groups is 1. The van der Waals surface area contributed by atoms with Crippen LogP contribution in [-0.4, -0.2) is 15.9 Å². The van der Waals surface area contributed by atoms with E-state index in [-0.39, 0.29) is 11.4 Å². The van der Waals surface area contributed by atoms with Crippen LogP contribution in [0, 0.1) is 0 Å². The normalized spacial score (nSPS) is 11.4. The van der Waals surface area contributed by atoms with Gasteiger partial charge in [-0.25, -0.2) is 0 Å². The maximum absolute atomic E-state index is 12.2. The number of fused-ring (bicyclic) bond motifs is 1. The van der Waals surface area contributed by atoms with Crippen LogP contribution in [0.15, 0.2) is 58.3 Å². The van der Waals surface area contributed by atoms with E-state index < -0.39 is 0 Å². The lowest BCUT2D eigenvalue weighted by Crippen LogP contribution is -2.18. The molecule has 1 heterocycles. The number of rotatable bonds is 2. The summed E-state index contributed by atoms with van der Waals surface area (Å²) < 4.78 is 1.21. The van der Waals surface area contributed by atoms with Crippen molar-refractivity contribution in [2.75, 3.05) is 0 Å². The average Bonchev–Trinajstić information content (AvgIpc) is 2.54. The third-order valence-electron chi connectivity index (χ3n) is 3.48. The summed E-state index contributed by atoms with van der Waals surface area (Å²) in [7, 11) is 1.53. The van der Waals surface area contributed by atoms with Gasteiger partial charge in [-0.15, -0.1) is 0 Å². The van der Waals surface area contributed by atoms with Crippen LogP contribution in [0.1, 0.15) is 5.56 Å². The van der Waals surface area contributed by atoms with Gasteiger partial charge in [0.15, 0.2) is 0 Å². The summed E-state index contributed by atoms with van der Waals surface area (Å²) in [6, 6.07) is 14.2. The van der Waals surface area contributed by atoms with Gasteiger partial charge in [0.1, 0.15) is 0 Å². The van der Waals surface area contributed by atoms with Gasteiger partial charge in [0.2, 0.25) is 5.88 Å². The van der Waals surface area contributed by atoms with Crippen LogP contribution in [0.3, 0.4) is 0 Å². The van der Waals surface area contributed by atoms with Crippen LogP contribution >= 0.6 is 11.6 Å². The summed E-state index contributed by atoms with van der Waals surface area (Å²) in [6.45, 7) is 0. The van der Waals surface area contributed by atoms with Crippen molar-refractivity contribution >= 4 is 34.3 Å². The van der Waals surface area contributed by atoms with Gasteiger partial charge >= 0.3 is 0 Å². The van der Waals surface area contributed by atoms with E-state index in [4.69, 9.17) is 11.6 Å². The number of pyridine rings is 1. The highest BCUT2D eigenvalue weighted by Gasteiger charge is 2.11. The molecule has 1 N–H and O–H groups in total. The van der Waals surface area contributed by atoms with Crippen LogP contribution < -0.4 is 5.56 Å². The van der Waals surface area contributed by atoms with Crippen LogP contribution in [-0.2, 0) is 7.05 Å². The van der Waals surface area contributed by atoms with Crippen LogP contribution in [0.2, 0.25) is 5.02 Å². The zero-order chi connectivity index (χ0) is 15.7. The Balaban J connectivity index is 2.18. The maximum Gasteiger partial charge on any atom is 0.260 e. The third-order valence-corrected chi connectivity index (χ3v) is 3.73. The van der Waals surface area contributed by atoms with Gasteiger partial charge in [0, 0.05) is 29.1 Å². The second-order valence-electron chi connectivity index (χ2n) is 4.88. The van der Waals surface area contributed by atoms with Gasteiger partial charge in [-0.1, -0.05) is 29.8 Å². The highest BCUT2D eigenvalue weighted by atomic mass is 35.5. The minimum absolute atomic E-state index is 0.110. The summed E-state index contributed by atoms with van der Waals surface area (Å²) >= 11 is 5.84. The Morgan fingerprint density at radius 3 is 2.41 bits per heavy atom. The lowest BCUT2D eigenvalue weighted by Gasteiger charge is -2.09. The van der Waals surface area contributed by atoms with Crippen molar-refractivity contribution in [2.45, 2.75) is 0 Å². The van der Waals surface area contributed by atoms with Crippen LogP contribution in [0.5, 0.6) is 5.88 Å². The summed E-state index contributed by atoms with van der Waals surface area (Å²) in [6.07, 6.45) is 1.56. The van der Waals surface area contributed by atoms with Crippen molar-refractivity contribution in [2.24, 2.45) is 12.0 Å². The molecule has 0 bridgehead atoms. The zero-order valence-corrected chi connectivity index (χ0v) is 12.6. The molecule has 3 rings (SSSR count). The Hall–Kier alpha value is -2.59. The molecule has 0 saturated heterocycles. The van der Waals surface area contributed by atoms with Crippen molar-refractivity contribution in [3.63, 3.8) is 0 Å². The number of hydrogen-bond acceptors (Lipinski definition) is 3. The molecule has 110 valence electrons. The minimum Gasteiger partial charge on any atom is -0.494 e. The Kier molecular flexibility index (Phi) is 3.69. The topological polar surface area (TPSA) is 54.6 Å². The van der Waals surface area contributed by atoms with Gasteiger partial charge in [-0.3, -0.25) is 14.4 Å². The number of aromatic nitrogens is 1. The molecule has 0 aliphatic heterocycles. The highest BCUT2D eigenvalue weighted by Crippen LogP contribution is 2.23. The number of aromatic hydroxyl groups is 1. The van der Waals surface area contributed by atoms with E-state index in [0.717, 1.165) is 0 Å². The molecule has 1 aromatic heterocycles. The van der Waals surface area contributed by atoms with Crippen molar-refractivity contribution < 1.29 is 5.11 Å². The summed E-state index contributed by atoms with van der Waals surface area (Å²) in [4.78, 5) is 16.5. The third kappa shape index (κ3) is 2.49. The lowest BCUT2D eigenvalue weighted by atomic mass is 10.1. The SMILES string of the molecule is Cn1c(O)c(C=Nc2ccc(Cl)cc2)c2ccccc2c1=O. The van der Waals surface area contributed by atoms with E-state index >= 15 is 0 Å². The molecule has 0 unspecified atom stereocenters. The molecule has 0 aliphatic rings. The monoisotopic (exact) mass is 312 g/mol. The maximum atomic E-state index is 12.2. The van der Waals surface area contributed by atoms with Gasteiger partial charge in [-0.2, -0.15) is 0 Å². The van der Waals surface area contributed by atoms with Gasteiger partial charge in [-0.05, 0) is 30.3 Å². The largest absolute Gasteiger partial charge is 0.494 e. The summed E-state index contributed by atoms with van der Waals surface area (Å²) in [5, 5.41) is 12.1. The lowest BCUT2D eigenvalue weighted by molar-refractivity contribution is 0.424. The van der Waals surface area contributed by atoms with E-state index in [0.29, 0.717) is 27.0 Å². The highest BCUT2D eigenvalue weighted by molar-refractivity contribution is 6.30. The molecule has 5 heteroatoms. The first kappa shape index (κ1) is 14.4. The van der Waals surface area contributed by atoms with Crippen molar-refractivity contribution in [1.82, 2.24) is 4.57 Å². The molecule has 0 saturated carbocycles. The molecule has 3 aromatic rings. The van der Waals surface area contributed by atoms with E-state index in [2.05, 4.69) is 4.99 Å². The molecular weight excluding hydrogens is 300 g/mol. The standard InChI is InChI=1S/C17H13ClN2O2/c1-20-16(21)14-5-3-2-4-13(14)15(17(20)22)10-19-12-8-6-11(18)7-9-12/h2-10,22H,1H3. The van der Waals surface area contributed by atoms with Crippen LogP contribution in [0.25, 0.3) is 10.8 Å². The van der Waals surface area contributed by atoms with Gasteiger partial charge in [0.25, 0.3) is 5.56 Å². The van der Waals surface area contributed by atoms with Crippen molar-refractivity contribution in [1.29, 1.82) is 0 Å². The average molecular weight is 313 g/mol. The second-order valence-corrected chi connectivity index (χ2v) is 5.32. The van der Waals surface area contributed by atoms with Gasteiger partial charge < -0.3 is 5.11 Å². The second kappa shape index (κ2) is 5.66.